The molecular formula is C12H6Cl2N2S2. The molecule has 0 radical (unpaired) electrons. The van der Waals surface area contributed by atoms with E-state index in [0.717, 1.165) is 9.92 Å². The number of isothiocyanates is 1. The van der Waals surface area contributed by atoms with Gasteiger partial charge in [0.2, 0.25) is 0 Å². The van der Waals surface area contributed by atoms with E-state index in [-0.39, 0.29) is 0 Å². The summed E-state index contributed by atoms with van der Waals surface area (Å²) in [6, 6.07) is 8.97. The van der Waals surface area contributed by atoms with Crippen LogP contribution in [0.15, 0.2) is 51.4 Å². The summed E-state index contributed by atoms with van der Waals surface area (Å²) < 4.78 is 0. The minimum Gasteiger partial charge on any atom is -0.247 e. The van der Waals surface area contributed by atoms with Crippen LogP contribution in [0.3, 0.4) is 0 Å². The first kappa shape index (κ1) is 13.5. The third kappa shape index (κ3) is 3.55. The van der Waals surface area contributed by atoms with E-state index < -0.39 is 0 Å². The zero-order valence-corrected chi connectivity index (χ0v) is 12.1. The molecule has 2 rings (SSSR count). The molecule has 0 unspecified atom stereocenters. The molecule has 90 valence electrons. The maximum absolute atomic E-state index is 6.08. The summed E-state index contributed by atoms with van der Waals surface area (Å²) in [6.45, 7) is 0. The molecule has 0 bridgehead atoms. The van der Waals surface area contributed by atoms with E-state index in [9.17, 15) is 0 Å². The van der Waals surface area contributed by atoms with E-state index in [4.69, 9.17) is 23.2 Å². The minimum atomic E-state index is 0.642. The Balaban J connectivity index is 2.23. The maximum atomic E-state index is 6.08. The first-order chi connectivity index (χ1) is 8.69. The van der Waals surface area contributed by atoms with Gasteiger partial charge in [-0.1, -0.05) is 35.0 Å². The molecule has 0 aliphatic rings. The predicted molar refractivity (Wildman–Crippen MR) is 79.5 cm³/mol. The van der Waals surface area contributed by atoms with Crippen LogP contribution in [0.4, 0.5) is 5.69 Å². The Kier molecular flexibility index (Phi) is 4.75. The van der Waals surface area contributed by atoms with Gasteiger partial charge in [-0.25, -0.2) is 4.98 Å². The van der Waals surface area contributed by atoms with Crippen molar-refractivity contribution in [3.8, 4) is 0 Å². The molecule has 0 aliphatic heterocycles. The van der Waals surface area contributed by atoms with Gasteiger partial charge in [-0.15, -0.1) is 0 Å². The molecule has 0 spiro atoms. The highest BCUT2D eigenvalue weighted by atomic mass is 35.5. The Hall–Kier alpha value is -0.900. The second-order valence-electron chi connectivity index (χ2n) is 3.23. The molecule has 0 saturated carbocycles. The minimum absolute atomic E-state index is 0.642. The first-order valence-electron chi connectivity index (χ1n) is 4.86. The van der Waals surface area contributed by atoms with Gasteiger partial charge in [-0.05, 0) is 42.5 Å². The van der Waals surface area contributed by atoms with Crippen LogP contribution < -0.4 is 0 Å². The van der Waals surface area contributed by atoms with Crippen LogP contribution in [-0.2, 0) is 0 Å². The summed E-state index contributed by atoms with van der Waals surface area (Å²) >= 11 is 18.0. The number of aliphatic imine (C=N–C) groups is 1. The van der Waals surface area contributed by atoms with Crippen LogP contribution in [0.2, 0.25) is 10.0 Å². The summed E-state index contributed by atoms with van der Waals surface area (Å²) in [7, 11) is 0. The third-order valence-electron chi connectivity index (χ3n) is 2.00. The maximum Gasteiger partial charge on any atom is 0.101 e. The van der Waals surface area contributed by atoms with Gasteiger partial charge >= 0.3 is 0 Å². The molecule has 1 aromatic carbocycles. The van der Waals surface area contributed by atoms with Crippen LogP contribution in [0, 0.1) is 0 Å². The highest BCUT2D eigenvalue weighted by Crippen LogP contribution is 2.34. The van der Waals surface area contributed by atoms with Crippen molar-refractivity contribution in [2.24, 2.45) is 4.99 Å². The van der Waals surface area contributed by atoms with Gasteiger partial charge in [-0.2, -0.15) is 4.99 Å². The topological polar surface area (TPSA) is 25.2 Å². The molecule has 2 nitrogen and oxygen atoms in total. The van der Waals surface area contributed by atoms with E-state index in [2.05, 4.69) is 27.4 Å². The number of rotatable bonds is 3. The number of pyridine rings is 1. The molecule has 0 atom stereocenters. The Morgan fingerprint density at radius 2 is 2.06 bits per heavy atom. The molecule has 0 fully saturated rings. The second-order valence-corrected chi connectivity index (χ2v) is 5.32. The standard InChI is InChI=1S/C12H6Cl2N2S2/c13-8-1-3-10(14)11(5-8)18-12-4-2-9(6-15-12)16-7-17/h1-6H. The molecular weight excluding hydrogens is 307 g/mol. The predicted octanol–water partition coefficient (Wildman–Crippen LogP) is 5.27. The van der Waals surface area contributed by atoms with Crippen molar-refractivity contribution in [1.29, 1.82) is 0 Å². The molecule has 1 aromatic heterocycles. The van der Waals surface area contributed by atoms with Gasteiger partial charge in [0, 0.05) is 9.92 Å². The Bertz CT molecular complexity index is 608. The van der Waals surface area contributed by atoms with Gasteiger partial charge in [0.25, 0.3) is 0 Å². The summed E-state index contributed by atoms with van der Waals surface area (Å²) in [5, 5.41) is 4.39. The normalized spacial score (nSPS) is 9.89. The van der Waals surface area contributed by atoms with E-state index in [1.54, 1.807) is 24.4 Å². The van der Waals surface area contributed by atoms with E-state index in [0.29, 0.717) is 15.7 Å². The zero-order chi connectivity index (χ0) is 13.0. The van der Waals surface area contributed by atoms with Crippen LogP contribution in [0.25, 0.3) is 0 Å². The second kappa shape index (κ2) is 6.32. The number of benzene rings is 1. The molecule has 0 saturated heterocycles. The van der Waals surface area contributed by atoms with E-state index in [1.807, 2.05) is 12.1 Å². The average molecular weight is 313 g/mol. The lowest BCUT2D eigenvalue weighted by molar-refractivity contribution is 1.13. The van der Waals surface area contributed by atoms with Crippen molar-refractivity contribution in [2.45, 2.75) is 9.92 Å². The Morgan fingerprint density at radius 1 is 1.22 bits per heavy atom. The van der Waals surface area contributed by atoms with E-state index in [1.165, 1.54) is 11.8 Å². The van der Waals surface area contributed by atoms with Crippen molar-refractivity contribution in [2.75, 3.05) is 0 Å². The molecule has 0 amide bonds. The van der Waals surface area contributed by atoms with Gasteiger partial charge in [-0.3, -0.25) is 0 Å². The zero-order valence-electron chi connectivity index (χ0n) is 8.93. The highest BCUT2D eigenvalue weighted by molar-refractivity contribution is 7.99. The van der Waals surface area contributed by atoms with Crippen molar-refractivity contribution < 1.29 is 0 Å². The molecule has 6 heteroatoms. The first-order valence-corrected chi connectivity index (χ1v) is 6.84. The average Bonchev–Trinajstić information content (AvgIpc) is 2.37. The fraction of sp³-hybridized carbons (Fsp3) is 0. The van der Waals surface area contributed by atoms with Crippen molar-refractivity contribution in [3.63, 3.8) is 0 Å². The Morgan fingerprint density at radius 3 is 2.72 bits per heavy atom. The monoisotopic (exact) mass is 312 g/mol. The van der Waals surface area contributed by atoms with Crippen LogP contribution in [0.5, 0.6) is 0 Å². The largest absolute Gasteiger partial charge is 0.247 e. The van der Waals surface area contributed by atoms with Gasteiger partial charge < -0.3 is 0 Å². The fourth-order valence-corrected chi connectivity index (χ4v) is 2.61. The summed E-state index contributed by atoms with van der Waals surface area (Å²) in [6.07, 6.45) is 1.63. The van der Waals surface area contributed by atoms with Crippen molar-refractivity contribution in [1.82, 2.24) is 4.98 Å². The molecule has 2 aromatic rings. The van der Waals surface area contributed by atoms with Crippen LogP contribution >= 0.6 is 47.2 Å². The lowest BCUT2D eigenvalue weighted by Crippen LogP contribution is -1.80. The van der Waals surface area contributed by atoms with Crippen LogP contribution in [0.1, 0.15) is 0 Å². The number of hydrogen-bond donors (Lipinski definition) is 0. The lowest BCUT2D eigenvalue weighted by Gasteiger charge is -2.04. The number of halogens is 2. The van der Waals surface area contributed by atoms with Crippen LogP contribution in [-0.4, -0.2) is 10.1 Å². The van der Waals surface area contributed by atoms with Crippen molar-refractivity contribution in [3.05, 3.63) is 46.6 Å². The quantitative estimate of drug-likeness (QED) is 0.570. The smallest absolute Gasteiger partial charge is 0.101 e. The van der Waals surface area contributed by atoms with E-state index >= 15 is 0 Å². The summed E-state index contributed by atoms with van der Waals surface area (Å²) in [5.74, 6) is 0. The molecule has 18 heavy (non-hydrogen) atoms. The van der Waals surface area contributed by atoms with Crippen molar-refractivity contribution >= 4 is 58.0 Å². The molecule has 1 heterocycles. The Labute approximate surface area is 124 Å². The lowest BCUT2D eigenvalue weighted by atomic mass is 10.4. The van der Waals surface area contributed by atoms with Gasteiger partial charge in [0.1, 0.15) is 5.03 Å². The number of thiocarbonyl (C=S) groups is 1. The number of hydrogen-bond acceptors (Lipinski definition) is 4. The SMILES string of the molecule is S=C=Nc1ccc(Sc2cc(Cl)ccc2Cl)nc1. The summed E-state index contributed by atoms with van der Waals surface area (Å²) in [4.78, 5) is 8.94. The molecule has 0 aliphatic carbocycles. The third-order valence-corrected chi connectivity index (χ3v) is 3.78. The summed E-state index contributed by atoms with van der Waals surface area (Å²) in [5.41, 5.74) is 0.673. The van der Waals surface area contributed by atoms with Gasteiger partial charge in [0.15, 0.2) is 0 Å². The highest BCUT2D eigenvalue weighted by Gasteiger charge is 2.04. The number of nitrogens with zero attached hydrogens (tertiary/aromatic N) is 2. The molecule has 0 N–H and O–H groups in total. The number of aromatic nitrogens is 1. The van der Waals surface area contributed by atoms with Gasteiger partial charge in [0.05, 0.1) is 22.1 Å². The fourth-order valence-electron chi connectivity index (χ4n) is 1.22.